The van der Waals surface area contributed by atoms with Crippen molar-refractivity contribution in [3.63, 3.8) is 0 Å². The van der Waals surface area contributed by atoms with Crippen molar-refractivity contribution in [2.45, 2.75) is 162 Å². The lowest BCUT2D eigenvalue weighted by atomic mass is 10.0. The van der Waals surface area contributed by atoms with Gasteiger partial charge in [0.25, 0.3) is 0 Å². The van der Waals surface area contributed by atoms with Crippen LogP contribution in [0.3, 0.4) is 0 Å². The van der Waals surface area contributed by atoms with Gasteiger partial charge in [0.05, 0.1) is 6.61 Å². The maximum Gasteiger partial charge on any atom is 0.453 e. The molecule has 0 aliphatic heterocycles. The van der Waals surface area contributed by atoms with Crippen LogP contribution in [0.1, 0.15) is 156 Å². The van der Waals surface area contributed by atoms with E-state index in [4.69, 9.17) is 9.62 Å². The van der Waals surface area contributed by atoms with Crippen LogP contribution in [-0.4, -0.2) is 24.1 Å². The SMILES string of the molecule is CCCCCCCCCCCCCCCCCCOC(=O)C(=O)OOOC(C)(C)CCCCC. The van der Waals surface area contributed by atoms with Gasteiger partial charge in [-0.2, -0.15) is 4.89 Å². The van der Waals surface area contributed by atoms with E-state index in [0.717, 1.165) is 44.9 Å². The molecule has 0 amide bonds. The summed E-state index contributed by atoms with van der Waals surface area (Å²) in [7, 11) is 0. The lowest BCUT2D eigenvalue weighted by molar-refractivity contribution is -0.516. The van der Waals surface area contributed by atoms with Crippen molar-refractivity contribution in [1.29, 1.82) is 0 Å². The van der Waals surface area contributed by atoms with Crippen molar-refractivity contribution < 1.29 is 29.1 Å². The van der Waals surface area contributed by atoms with Crippen molar-refractivity contribution in [3.05, 3.63) is 0 Å². The molecule has 202 valence electrons. The molecule has 0 aromatic rings. The van der Waals surface area contributed by atoms with Gasteiger partial charge in [-0.05, 0) is 31.7 Å². The fraction of sp³-hybridized carbons (Fsp3) is 0.929. The highest BCUT2D eigenvalue weighted by Gasteiger charge is 2.24. The first-order valence-corrected chi connectivity index (χ1v) is 14.2. The Bertz CT molecular complexity index is 478. The maximum absolute atomic E-state index is 11.6. The number of carbonyl (C=O) groups is 2. The summed E-state index contributed by atoms with van der Waals surface area (Å²) in [5.74, 6) is -2.24. The minimum absolute atomic E-state index is 0.218. The highest BCUT2D eigenvalue weighted by Crippen LogP contribution is 2.19. The zero-order chi connectivity index (χ0) is 25.3. The predicted molar refractivity (Wildman–Crippen MR) is 137 cm³/mol. The summed E-state index contributed by atoms with van der Waals surface area (Å²) < 4.78 is 4.94. The molecule has 0 fully saturated rings. The number of esters is 1. The summed E-state index contributed by atoms with van der Waals surface area (Å²) in [5.41, 5.74) is -0.590. The molecule has 0 aliphatic carbocycles. The Morgan fingerprint density at radius 1 is 0.559 bits per heavy atom. The van der Waals surface area contributed by atoms with Gasteiger partial charge in [-0.25, -0.2) is 9.59 Å². The number of unbranched alkanes of at least 4 members (excludes halogenated alkanes) is 17. The Balaban J connectivity index is 3.43. The summed E-state index contributed by atoms with van der Waals surface area (Å²) in [6, 6.07) is 0. The Hall–Kier alpha value is -1.14. The molecule has 0 unspecified atom stereocenters. The quantitative estimate of drug-likeness (QED) is 0.0447. The van der Waals surface area contributed by atoms with Gasteiger partial charge in [-0.1, -0.05) is 129 Å². The molecule has 0 heterocycles. The number of rotatable bonds is 24. The summed E-state index contributed by atoms with van der Waals surface area (Å²) in [6.07, 6.45) is 24.5. The molecule has 0 bridgehead atoms. The average Bonchev–Trinajstić information content (AvgIpc) is 2.80. The van der Waals surface area contributed by atoms with Crippen LogP contribution in [-0.2, 0) is 29.1 Å². The van der Waals surface area contributed by atoms with Crippen LogP contribution in [0.25, 0.3) is 0 Å². The maximum atomic E-state index is 11.6. The van der Waals surface area contributed by atoms with Crippen LogP contribution in [0, 0.1) is 0 Å². The molecule has 0 aromatic heterocycles. The van der Waals surface area contributed by atoms with Crippen molar-refractivity contribution in [1.82, 2.24) is 0 Å². The first kappa shape index (κ1) is 32.9. The van der Waals surface area contributed by atoms with Crippen molar-refractivity contribution in [2.75, 3.05) is 6.61 Å². The third-order valence-electron chi connectivity index (χ3n) is 6.15. The second-order valence-electron chi connectivity index (χ2n) is 10.2. The lowest BCUT2D eigenvalue weighted by Crippen LogP contribution is -2.27. The highest BCUT2D eigenvalue weighted by atomic mass is 17.5. The molecule has 6 heteroatoms. The lowest BCUT2D eigenvalue weighted by Gasteiger charge is -2.21. The standard InChI is InChI=1S/C28H54O6/c1-5-7-9-10-11-12-13-14-15-16-17-18-19-20-21-23-25-31-26(29)27(30)32-34-33-28(3,4)24-22-8-6-2/h5-25H2,1-4H3. The Labute approximate surface area is 209 Å². The second kappa shape index (κ2) is 23.6. The van der Waals surface area contributed by atoms with E-state index in [1.807, 2.05) is 13.8 Å². The van der Waals surface area contributed by atoms with Gasteiger partial charge >= 0.3 is 11.9 Å². The fourth-order valence-corrected chi connectivity index (χ4v) is 3.89. The summed E-state index contributed by atoms with van der Waals surface area (Å²) in [6.45, 7) is 8.29. The smallest absolute Gasteiger partial charge is 0.453 e. The number of ether oxygens (including phenoxy) is 1. The summed E-state index contributed by atoms with van der Waals surface area (Å²) in [4.78, 5) is 32.7. The highest BCUT2D eigenvalue weighted by molar-refractivity contribution is 6.29. The molecule has 0 radical (unpaired) electrons. The second-order valence-corrected chi connectivity index (χ2v) is 10.2. The van der Waals surface area contributed by atoms with Crippen LogP contribution in [0.5, 0.6) is 0 Å². The molecule has 0 aromatic carbocycles. The Morgan fingerprint density at radius 2 is 0.971 bits per heavy atom. The average molecular weight is 487 g/mol. The predicted octanol–water partition coefficient (Wildman–Crippen LogP) is 8.56. The van der Waals surface area contributed by atoms with Gasteiger partial charge in [0.1, 0.15) is 5.60 Å². The zero-order valence-electron chi connectivity index (χ0n) is 22.8. The number of hydrogen-bond donors (Lipinski definition) is 0. The van der Waals surface area contributed by atoms with Crippen molar-refractivity contribution in [3.8, 4) is 0 Å². The molecule has 34 heavy (non-hydrogen) atoms. The van der Waals surface area contributed by atoms with E-state index in [0.29, 0.717) is 0 Å². The molecular formula is C28H54O6. The number of hydrogen-bond acceptors (Lipinski definition) is 6. The first-order chi connectivity index (χ1) is 16.4. The molecule has 0 rings (SSSR count). The van der Waals surface area contributed by atoms with Crippen LogP contribution in [0.15, 0.2) is 0 Å². The van der Waals surface area contributed by atoms with Crippen LogP contribution in [0.2, 0.25) is 0 Å². The fourth-order valence-electron chi connectivity index (χ4n) is 3.89. The summed E-state index contributed by atoms with van der Waals surface area (Å²) >= 11 is 0. The van der Waals surface area contributed by atoms with Crippen molar-refractivity contribution >= 4 is 11.9 Å². The minimum atomic E-state index is -1.19. The molecule has 6 nitrogen and oxygen atoms in total. The largest absolute Gasteiger partial charge is 0.457 e. The number of carbonyl (C=O) groups excluding carboxylic acids is 2. The van der Waals surface area contributed by atoms with Gasteiger partial charge < -0.3 is 4.74 Å². The normalized spacial score (nSPS) is 11.5. The van der Waals surface area contributed by atoms with Crippen molar-refractivity contribution in [2.24, 2.45) is 0 Å². The summed E-state index contributed by atoms with van der Waals surface area (Å²) in [5, 5.41) is 4.50. The van der Waals surface area contributed by atoms with E-state index in [2.05, 4.69) is 23.8 Å². The topological polar surface area (TPSA) is 71.1 Å². The van der Waals surface area contributed by atoms with Gasteiger partial charge in [-0.3, -0.25) is 4.89 Å². The molecule has 0 atom stereocenters. The zero-order valence-corrected chi connectivity index (χ0v) is 22.8. The minimum Gasteiger partial charge on any atom is -0.457 e. The molecule has 0 aliphatic rings. The molecule has 0 saturated heterocycles. The molecule has 0 spiro atoms. The van der Waals surface area contributed by atoms with E-state index in [-0.39, 0.29) is 6.61 Å². The molecule has 0 N–H and O–H groups in total. The molecule has 0 saturated carbocycles. The third-order valence-corrected chi connectivity index (χ3v) is 6.15. The van der Waals surface area contributed by atoms with E-state index >= 15 is 0 Å². The Morgan fingerprint density at radius 3 is 1.44 bits per heavy atom. The van der Waals surface area contributed by atoms with Gasteiger partial charge in [-0.15, -0.1) is 0 Å². The van der Waals surface area contributed by atoms with Gasteiger partial charge in [0, 0.05) is 0 Å². The monoisotopic (exact) mass is 486 g/mol. The first-order valence-electron chi connectivity index (χ1n) is 14.2. The third kappa shape index (κ3) is 22.6. The van der Waals surface area contributed by atoms with E-state index in [1.165, 1.54) is 83.5 Å². The van der Waals surface area contributed by atoms with E-state index in [9.17, 15) is 9.59 Å². The van der Waals surface area contributed by atoms with Crippen LogP contribution in [0.4, 0.5) is 0 Å². The molecular weight excluding hydrogens is 432 g/mol. The van der Waals surface area contributed by atoms with Crippen LogP contribution < -0.4 is 0 Å². The van der Waals surface area contributed by atoms with E-state index < -0.39 is 17.5 Å². The van der Waals surface area contributed by atoms with E-state index in [1.54, 1.807) is 0 Å². The van der Waals surface area contributed by atoms with Gasteiger partial charge in [0.15, 0.2) is 0 Å². The van der Waals surface area contributed by atoms with Crippen LogP contribution >= 0.6 is 0 Å². The Kier molecular flexibility index (Phi) is 22.8. The van der Waals surface area contributed by atoms with Gasteiger partial charge in [0.2, 0.25) is 0 Å².